The Kier molecular flexibility index (Phi) is 10.1. The summed E-state index contributed by atoms with van der Waals surface area (Å²) in [5.74, 6) is 0.589. The number of sulfonamides is 1. The molecule has 0 aliphatic carbocycles. The normalized spacial score (nSPS) is 17.1. The van der Waals surface area contributed by atoms with E-state index in [1.807, 2.05) is 26.4 Å². The Morgan fingerprint density at radius 1 is 1.34 bits per heavy atom. The van der Waals surface area contributed by atoms with Crippen molar-refractivity contribution in [3.05, 3.63) is 18.0 Å². The minimum Gasteiger partial charge on any atom is -0.357 e. The van der Waals surface area contributed by atoms with Gasteiger partial charge in [0.25, 0.3) is 0 Å². The van der Waals surface area contributed by atoms with E-state index in [9.17, 15) is 21.6 Å². The lowest BCUT2D eigenvalue weighted by Crippen LogP contribution is -2.51. The SMILES string of the molecule is CCNC(=NCCCc1cnn(C)c1)NC1CCN(S(=O)(=O)C(F)(F)F)CC1.I. The van der Waals surface area contributed by atoms with Gasteiger partial charge < -0.3 is 10.6 Å². The van der Waals surface area contributed by atoms with Crippen molar-refractivity contribution < 1.29 is 21.6 Å². The number of aryl methyl sites for hydroxylation is 2. The molecule has 0 spiro atoms. The van der Waals surface area contributed by atoms with Gasteiger partial charge in [-0.15, -0.1) is 24.0 Å². The third-order valence-corrected chi connectivity index (χ3v) is 6.05. The molecule has 1 aliphatic rings. The van der Waals surface area contributed by atoms with E-state index in [1.165, 1.54) is 0 Å². The Bertz CT molecular complexity index is 761. The molecule has 0 atom stereocenters. The van der Waals surface area contributed by atoms with Gasteiger partial charge in [-0.2, -0.15) is 22.6 Å². The summed E-state index contributed by atoms with van der Waals surface area (Å²) < 4.78 is 63.1. The highest BCUT2D eigenvalue weighted by molar-refractivity contribution is 14.0. The summed E-state index contributed by atoms with van der Waals surface area (Å²) in [4.78, 5) is 4.49. The fourth-order valence-electron chi connectivity index (χ4n) is 2.98. The Morgan fingerprint density at radius 2 is 2.00 bits per heavy atom. The van der Waals surface area contributed by atoms with Crippen molar-refractivity contribution in [3.63, 3.8) is 0 Å². The maximum atomic E-state index is 12.6. The number of hydrogen-bond acceptors (Lipinski definition) is 4. The van der Waals surface area contributed by atoms with Crippen molar-refractivity contribution in [1.82, 2.24) is 24.7 Å². The number of nitrogens with one attached hydrogen (secondary N) is 2. The van der Waals surface area contributed by atoms with Gasteiger partial charge in [0.15, 0.2) is 5.96 Å². The zero-order valence-corrected chi connectivity index (χ0v) is 19.6. The number of nitrogens with zero attached hydrogens (tertiary/aromatic N) is 4. The fourth-order valence-corrected chi connectivity index (χ4v) is 3.96. The molecule has 0 bridgehead atoms. The van der Waals surface area contributed by atoms with Crippen LogP contribution in [0.25, 0.3) is 0 Å². The van der Waals surface area contributed by atoms with Crippen LogP contribution in [0.5, 0.6) is 0 Å². The lowest BCUT2D eigenvalue weighted by Gasteiger charge is -2.32. The lowest BCUT2D eigenvalue weighted by atomic mass is 10.1. The van der Waals surface area contributed by atoms with E-state index in [4.69, 9.17) is 0 Å². The third-order valence-electron chi connectivity index (χ3n) is 4.42. The lowest BCUT2D eigenvalue weighted by molar-refractivity contribution is -0.0494. The van der Waals surface area contributed by atoms with Gasteiger partial charge in [-0.05, 0) is 38.2 Å². The van der Waals surface area contributed by atoms with Gasteiger partial charge in [-0.3, -0.25) is 9.67 Å². The molecule has 1 saturated heterocycles. The second-order valence-electron chi connectivity index (χ2n) is 6.65. The van der Waals surface area contributed by atoms with Crippen LogP contribution < -0.4 is 10.6 Å². The average Bonchev–Trinajstić information content (AvgIpc) is 3.03. The number of piperidine rings is 1. The van der Waals surface area contributed by atoms with Gasteiger partial charge in [0, 0.05) is 45.5 Å². The number of rotatable bonds is 7. The molecule has 2 N–H and O–H groups in total. The van der Waals surface area contributed by atoms with Gasteiger partial charge in [-0.25, -0.2) is 8.42 Å². The van der Waals surface area contributed by atoms with Crippen molar-refractivity contribution in [2.75, 3.05) is 26.2 Å². The fraction of sp³-hybridized carbons (Fsp3) is 0.750. The molecular weight excluding hydrogens is 524 g/mol. The second kappa shape index (κ2) is 11.3. The molecule has 0 radical (unpaired) electrons. The van der Waals surface area contributed by atoms with Crippen LogP contribution in [0.15, 0.2) is 17.4 Å². The zero-order valence-electron chi connectivity index (χ0n) is 16.4. The van der Waals surface area contributed by atoms with E-state index in [-0.39, 0.29) is 55.9 Å². The van der Waals surface area contributed by atoms with E-state index in [1.54, 1.807) is 4.68 Å². The quantitative estimate of drug-likeness (QED) is 0.233. The number of alkyl halides is 3. The molecule has 29 heavy (non-hydrogen) atoms. The molecule has 1 aliphatic heterocycles. The van der Waals surface area contributed by atoms with Crippen LogP contribution in [0.4, 0.5) is 13.2 Å². The van der Waals surface area contributed by atoms with Crippen molar-refractivity contribution >= 4 is 40.0 Å². The molecule has 1 fully saturated rings. The predicted octanol–water partition coefficient (Wildman–Crippen LogP) is 1.84. The number of hydrogen-bond donors (Lipinski definition) is 2. The van der Waals surface area contributed by atoms with Crippen molar-refractivity contribution in [2.45, 2.75) is 44.2 Å². The Hall–Kier alpha value is -1.09. The molecule has 13 heteroatoms. The van der Waals surface area contributed by atoms with Gasteiger partial charge in [0.2, 0.25) is 0 Å². The number of aromatic nitrogens is 2. The first-order valence-electron chi connectivity index (χ1n) is 9.22. The summed E-state index contributed by atoms with van der Waals surface area (Å²) >= 11 is 0. The van der Waals surface area contributed by atoms with Crippen LogP contribution in [0, 0.1) is 0 Å². The van der Waals surface area contributed by atoms with Crippen molar-refractivity contribution in [1.29, 1.82) is 0 Å². The first-order chi connectivity index (χ1) is 13.1. The first-order valence-corrected chi connectivity index (χ1v) is 10.7. The smallest absolute Gasteiger partial charge is 0.357 e. The Morgan fingerprint density at radius 3 is 2.52 bits per heavy atom. The topological polar surface area (TPSA) is 91.6 Å². The van der Waals surface area contributed by atoms with Gasteiger partial charge in [0.1, 0.15) is 0 Å². The highest BCUT2D eigenvalue weighted by Crippen LogP contribution is 2.28. The monoisotopic (exact) mass is 552 g/mol. The predicted molar refractivity (Wildman–Crippen MR) is 116 cm³/mol. The number of halogens is 4. The van der Waals surface area contributed by atoms with Crippen LogP contribution in [0.3, 0.4) is 0 Å². The van der Waals surface area contributed by atoms with Gasteiger partial charge >= 0.3 is 15.5 Å². The molecule has 168 valence electrons. The van der Waals surface area contributed by atoms with E-state index in [0.717, 1.165) is 18.4 Å². The summed E-state index contributed by atoms with van der Waals surface area (Å²) in [7, 11) is -3.39. The largest absolute Gasteiger partial charge is 0.511 e. The minimum atomic E-state index is -5.25. The average molecular weight is 552 g/mol. The van der Waals surface area contributed by atoms with Crippen LogP contribution >= 0.6 is 24.0 Å². The Labute approximate surface area is 186 Å². The molecule has 2 rings (SSSR count). The standard InChI is InChI=1S/C16H27F3N6O2S.HI/c1-3-20-15(21-8-4-5-13-11-22-24(2)12-13)23-14-6-9-25(10-7-14)28(26,27)16(17,18)19;/h11-12,14H,3-10H2,1-2H3,(H2,20,21,23);1H. The van der Waals surface area contributed by atoms with E-state index >= 15 is 0 Å². The summed E-state index contributed by atoms with van der Waals surface area (Å²) in [6.07, 6.45) is 6.03. The number of guanidine groups is 1. The van der Waals surface area contributed by atoms with Crippen LogP contribution in [0.2, 0.25) is 0 Å². The molecule has 0 saturated carbocycles. The van der Waals surface area contributed by atoms with Crippen LogP contribution in [0.1, 0.15) is 31.7 Å². The molecule has 0 unspecified atom stereocenters. The van der Waals surface area contributed by atoms with Crippen LogP contribution in [-0.4, -0.2) is 66.2 Å². The zero-order chi connectivity index (χ0) is 20.8. The van der Waals surface area contributed by atoms with Gasteiger partial charge in [-0.1, -0.05) is 0 Å². The summed E-state index contributed by atoms with van der Waals surface area (Å²) in [6.45, 7) is 2.83. The summed E-state index contributed by atoms with van der Waals surface area (Å²) in [5, 5.41) is 10.4. The Balaban J connectivity index is 0.00000420. The summed E-state index contributed by atoms with van der Waals surface area (Å²) in [6, 6.07) is -0.129. The highest BCUT2D eigenvalue weighted by Gasteiger charge is 2.50. The van der Waals surface area contributed by atoms with Gasteiger partial charge in [0.05, 0.1) is 6.20 Å². The molecule has 0 aromatic carbocycles. The van der Waals surface area contributed by atoms with E-state index in [2.05, 4.69) is 20.7 Å². The molecule has 1 aromatic heterocycles. The first kappa shape index (κ1) is 25.9. The molecule has 1 aromatic rings. The molecule has 8 nitrogen and oxygen atoms in total. The van der Waals surface area contributed by atoms with E-state index in [0.29, 0.717) is 23.4 Å². The van der Waals surface area contributed by atoms with E-state index < -0.39 is 15.5 Å². The molecular formula is C16H28F3IN6O2S. The second-order valence-corrected chi connectivity index (χ2v) is 8.58. The third kappa shape index (κ3) is 7.59. The molecule has 2 heterocycles. The highest BCUT2D eigenvalue weighted by atomic mass is 127. The summed E-state index contributed by atoms with van der Waals surface area (Å²) in [5.41, 5.74) is -4.12. The van der Waals surface area contributed by atoms with Crippen molar-refractivity contribution in [3.8, 4) is 0 Å². The number of aliphatic imine (C=N–C) groups is 1. The molecule has 0 amide bonds. The van der Waals surface area contributed by atoms with Crippen molar-refractivity contribution in [2.24, 2.45) is 12.0 Å². The maximum Gasteiger partial charge on any atom is 0.511 e. The maximum absolute atomic E-state index is 12.6. The minimum absolute atomic E-state index is 0. The van der Waals surface area contributed by atoms with Crippen LogP contribution in [-0.2, 0) is 23.5 Å².